The molecule has 6 heteroatoms. The SMILES string of the molecule is CC1CN(CCN2C(=O)c3ccccc3C2=O)CC(C)N1.Cl. The molecule has 0 radical (unpaired) electrons. The number of carbonyl (C=O) groups is 2. The zero-order valence-electron chi connectivity index (χ0n) is 12.9. The Hall–Kier alpha value is -1.43. The Bertz CT molecular complexity index is 533. The van der Waals surface area contributed by atoms with Gasteiger partial charge in [0.25, 0.3) is 11.8 Å². The molecule has 2 heterocycles. The van der Waals surface area contributed by atoms with Crippen molar-refractivity contribution < 1.29 is 9.59 Å². The molecule has 0 bridgehead atoms. The molecule has 2 atom stereocenters. The molecule has 2 aliphatic heterocycles. The van der Waals surface area contributed by atoms with Gasteiger partial charge in [-0.15, -0.1) is 12.4 Å². The van der Waals surface area contributed by atoms with Crippen molar-refractivity contribution in [2.24, 2.45) is 0 Å². The minimum atomic E-state index is -0.160. The van der Waals surface area contributed by atoms with E-state index in [1.54, 1.807) is 24.3 Å². The Morgan fingerprint density at radius 2 is 1.50 bits per heavy atom. The highest BCUT2D eigenvalue weighted by molar-refractivity contribution is 6.21. The summed E-state index contributed by atoms with van der Waals surface area (Å²) < 4.78 is 0. The third-order valence-corrected chi connectivity index (χ3v) is 4.15. The van der Waals surface area contributed by atoms with E-state index in [0.29, 0.717) is 29.8 Å². The van der Waals surface area contributed by atoms with E-state index in [4.69, 9.17) is 0 Å². The fraction of sp³-hybridized carbons (Fsp3) is 0.500. The molecule has 0 spiro atoms. The lowest BCUT2D eigenvalue weighted by Crippen LogP contribution is -2.55. The predicted octanol–water partition coefficient (Wildman–Crippen LogP) is 1.39. The molecule has 2 amide bonds. The number of hydrogen-bond acceptors (Lipinski definition) is 4. The second-order valence-electron chi connectivity index (χ2n) is 6.04. The van der Waals surface area contributed by atoms with Crippen LogP contribution in [-0.2, 0) is 0 Å². The molecule has 0 aromatic heterocycles. The maximum atomic E-state index is 12.3. The topological polar surface area (TPSA) is 52.7 Å². The third-order valence-electron chi connectivity index (χ3n) is 4.15. The van der Waals surface area contributed by atoms with Gasteiger partial charge in [-0.3, -0.25) is 19.4 Å². The van der Waals surface area contributed by atoms with Crippen LogP contribution in [0.2, 0.25) is 0 Å². The number of benzene rings is 1. The normalized spacial score (nSPS) is 25.1. The Labute approximate surface area is 137 Å². The Kier molecular flexibility index (Phi) is 5.21. The zero-order valence-corrected chi connectivity index (χ0v) is 13.7. The summed E-state index contributed by atoms with van der Waals surface area (Å²) in [5, 5.41) is 3.48. The van der Waals surface area contributed by atoms with E-state index in [0.717, 1.165) is 19.6 Å². The van der Waals surface area contributed by atoms with Gasteiger partial charge in [-0.25, -0.2) is 0 Å². The molecule has 1 N–H and O–H groups in total. The van der Waals surface area contributed by atoms with Gasteiger partial charge in [-0.2, -0.15) is 0 Å². The number of hydrogen-bond donors (Lipinski definition) is 1. The van der Waals surface area contributed by atoms with Crippen LogP contribution in [0, 0.1) is 0 Å². The fourth-order valence-corrected chi connectivity index (χ4v) is 3.31. The summed E-state index contributed by atoms with van der Waals surface area (Å²) in [6.45, 7) is 7.42. The number of nitrogens with zero attached hydrogens (tertiary/aromatic N) is 2. The van der Waals surface area contributed by atoms with Crippen molar-refractivity contribution >= 4 is 24.2 Å². The van der Waals surface area contributed by atoms with Gasteiger partial charge in [0.1, 0.15) is 0 Å². The minimum Gasteiger partial charge on any atom is -0.309 e. The first-order valence-corrected chi connectivity index (χ1v) is 7.50. The maximum absolute atomic E-state index is 12.3. The molecule has 1 aromatic carbocycles. The molecule has 1 saturated heterocycles. The molecule has 1 aromatic rings. The average molecular weight is 324 g/mol. The van der Waals surface area contributed by atoms with Gasteiger partial charge >= 0.3 is 0 Å². The van der Waals surface area contributed by atoms with E-state index in [9.17, 15) is 9.59 Å². The van der Waals surface area contributed by atoms with Crippen molar-refractivity contribution in [1.82, 2.24) is 15.1 Å². The molecule has 5 nitrogen and oxygen atoms in total. The molecule has 0 saturated carbocycles. The number of rotatable bonds is 3. The van der Waals surface area contributed by atoms with Gasteiger partial charge in [0.05, 0.1) is 11.1 Å². The minimum absolute atomic E-state index is 0. The molecular weight excluding hydrogens is 302 g/mol. The molecule has 3 rings (SSSR count). The number of nitrogens with one attached hydrogen (secondary N) is 1. The molecular formula is C16H22ClN3O2. The monoisotopic (exact) mass is 323 g/mol. The van der Waals surface area contributed by atoms with Crippen molar-refractivity contribution in [1.29, 1.82) is 0 Å². The van der Waals surface area contributed by atoms with Crippen molar-refractivity contribution in [2.45, 2.75) is 25.9 Å². The van der Waals surface area contributed by atoms with Crippen molar-refractivity contribution in [3.05, 3.63) is 35.4 Å². The van der Waals surface area contributed by atoms with Gasteiger partial charge < -0.3 is 5.32 Å². The summed E-state index contributed by atoms with van der Waals surface area (Å²) in [6, 6.07) is 7.93. The number of imide groups is 1. The molecule has 22 heavy (non-hydrogen) atoms. The van der Waals surface area contributed by atoms with Crippen molar-refractivity contribution in [2.75, 3.05) is 26.2 Å². The standard InChI is InChI=1S/C16H21N3O2.ClH/c1-11-9-18(10-12(2)17-11)7-8-19-15(20)13-5-3-4-6-14(13)16(19)21;/h3-6,11-12,17H,7-10H2,1-2H3;1H. The van der Waals surface area contributed by atoms with Gasteiger partial charge in [-0.1, -0.05) is 12.1 Å². The van der Waals surface area contributed by atoms with Crippen LogP contribution < -0.4 is 5.32 Å². The van der Waals surface area contributed by atoms with Crippen molar-refractivity contribution in [3.8, 4) is 0 Å². The number of amides is 2. The first-order chi connectivity index (χ1) is 10.1. The highest BCUT2D eigenvalue weighted by Crippen LogP contribution is 2.22. The first-order valence-electron chi connectivity index (χ1n) is 7.50. The molecule has 120 valence electrons. The first kappa shape index (κ1) is 16.9. The Morgan fingerprint density at radius 3 is 2.00 bits per heavy atom. The second-order valence-corrected chi connectivity index (χ2v) is 6.04. The number of halogens is 1. The van der Waals surface area contributed by atoms with Crippen LogP contribution in [0.4, 0.5) is 0 Å². The zero-order chi connectivity index (χ0) is 15.0. The Balaban J connectivity index is 0.00000176. The fourth-order valence-electron chi connectivity index (χ4n) is 3.31. The van der Waals surface area contributed by atoms with Crippen LogP contribution in [0.15, 0.2) is 24.3 Å². The molecule has 0 aliphatic carbocycles. The van der Waals surface area contributed by atoms with E-state index in [2.05, 4.69) is 24.1 Å². The van der Waals surface area contributed by atoms with E-state index in [1.165, 1.54) is 4.90 Å². The third kappa shape index (κ3) is 3.16. The van der Waals surface area contributed by atoms with Gasteiger partial charge in [-0.05, 0) is 26.0 Å². The van der Waals surface area contributed by atoms with Gasteiger partial charge in [0.15, 0.2) is 0 Å². The molecule has 2 unspecified atom stereocenters. The summed E-state index contributed by atoms with van der Waals surface area (Å²) in [5.74, 6) is -0.321. The molecule has 2 aliphatic rings. The number of carbonyl (C=O) groups excluding carboxylic acids is 2. The average Bonchev–Trinajstić information content (AvgIpc) is 2.69. The van der Waals surface area contributed by atoms with E-state index < -0.39 is 0 Å². The largest absolute Gasteiger partial charge is 0.309 e. The predicted molar refractivity (Wildman–Crippen MR) is 87.6 cm³/mol. The van der Waals surface area contributed by atoms with Crippen LogP contribution in [0.5, 0.6) is 0 Å². The quantitative estimate of drug-likeness (QED) is 0.854. The maximum Gasteiger partial charge on any atom is 0.261 e. The van der Waals surface area contributed by atoms with Gasteiger partial charge in [0, 0.05) is 38.3 Å². The molecule has 1 fully saturated rings. The number of fused-ring (bicyclic) bond motifs is 1. The number of piperazine rings is 1. The van der Waals surface area contributed by atoms with E-state index in [-0.39, 0.29) is 24.2 Å². The lowest BCUT2D eigenvalue weighted by Gasteiger charge is -2.36. The van der Waals surface area contributed by atoms with Crippen molar-refractivity contribution in [3.63, 3.8) is 0 Å². The highest BCUT2D eigenvalue weighted by atomic mass is 35.5. The smallest absolute Gasteiger partial charge is 0.261 e. The lowest BCUT2D eigenvalue weighted by molar-refractivity contribution is 0.0624. The van der Waals surface area contributed by atoms with Crippen LogP contribution in [0.25, 0.3) is 0 Å². The lowest BCUT2D eigenvalue weighted by atomic mass is 10.1. The summed E-state index contributed by atoms with van der Waals surface area (Å²) in [6.07, 6.45) is 0. The summed E-state index contributed by atoms with van der Waals surface area (Å²) >= 11 is 0. The Morgan fingerprint density at radius 1 is 1.00 bits per heavy atom. The van der Waals surface area contributed by atoms with Crippen LogP contribution in [0.3, 0.4) is 0 Å². The van der Waals surface area contributed by atoms with Crippen LogP contribution >= 0.6 is 12.4 Å². The van der Waals surface area contributed by atoms with E-state index >= 15 is 0 Å². The summed E-state index contributed by atoms with van der Waals surface area (Å²) in [5.41, 5.74) is 1.06. The second kappa shape index (κ2) is 6.77. The highest BCUT2D eigenvalue weighted by Gasteiger charge is 2.35. The van der Waals surface area contributed by atoms with Crippen LogP contribution in [0.1, 0.15) is 34.6 Å². The summed E-state index contributed by atoms with van der Waals surface area (Å²) in [7, 11) is 0. The van der Waals surface area contributed by atoms with Gasteiger partial charge in [0.2, 0.25) is 0 Å². The summed E-state index contributed by atoms with van der Waals surface area (Å²) in [4.78, 5) is 28.3. The van der Waals surface area contributed by atoms with E-state index in [1.807, 2.05) is 0 Å². The van der Waals surface area contributed by atoms with Crippen LogP contribution in [-0.4, -0.2) is 59.9 Å².